The number of thiazole rings is 1. The summed E-state index contributed by atoms with van der Waals surface area (Å²) in [4.78, 5) is 15.3. The Morgan fingerprint density at radius 1 is 1.12 bits per heavy atom. The lowest BCUT2D eigenvalue weighted by molar-refractivity contribution is -0.136. The van der Waals surface area contributed by atoms with Crippen molar-refractivity contribution in [3.05, 3.63) is 64.8 Å². The molecule has 0 aliphatic carbocycles. The zero-order chi connectivity index (χ0) is 18.1. The summed E-state index contributed by atoms with van der Waals surface area (Å²) in [7, 11) is 0. The molecule has 0 aliphatic rings. The van der Waals surface area contributed by atoms with Gasteiger partial charge >= 0.3 is 5.97 Å². The standard InChI is InChI=1S/C19H15N3O3S/c1-11-3-2-4-12(7-11)13-5-6-15-14(8-13)20-18(26-15)9-16-21-22-17(25-16)10-19(23)24/h2-8H,9-10H2,1H3,(H,23,24). The molecule has 0 fully saturated rings. The molecule has 7 heteroatoms. The van der Waals surface area contributed by atoms with Gasteiger partial charge in [0, 0.05) is 0 Å². The first-order valence-electron chi connectivity index (χ1n) is 8.06. The lowest BCUT2D eigenvalue weighted by Gasteiger charge is -2.02. The molecule has 2 aromatic carbocycles. The topological polar surface area (TPSA) is 89.1 Å². The number of nitrogens with zero attached hydrogens (tertiary/aromatic N) is 3. The number of hydrogen-bond acceptors (Lipinski definition) is 6. The van der Waals surface area contributed by atoms with Crippen LogP contribution in [0, 0.1) is 6.92 Å². The second-order valence-electron chi connectivity index (χ2n) is 6.00. The summed E-state index contributed by atoms with van der Waals surface area (Å²) in [5.41, 5.74) is 4.43. The first kappa shape index (κ1) is 16.4. The summed E-state index contributed by atoms with van der Waals surface area (Å²) < 4.78 is 6.45. The number of hydrogen-bond donors (Lipinski definition) is 1. The molecular formula is C19H15N3O3S. The molecule has 0 radical (unpaired) electrons. The lowest BCUT2D eigenvalue weighted by Crippen LogP contribution is -1.99. The third-order valence-corrected chi connectivity index (χ3v) is 4.93. The zero-order valence-electron chi connectivity index (χ0n) is 14.0. The van der Waals surface area contributed by atoms with Crippen molar-refractivity contribution in [3.63, 3.8) is 0 Å². The van der Waals surface area contributed by atoms with Crippen molar-refractivity contribution >= 4 is 27.5 Å². The van der Waals surface area contributed by atoms with Crippen molar-refractivity contribution in [1.29, 1.82) is 0 Å². The van der Waals surface area contributed by atoms with E-state index in [1.54, 1.807) is 11.3 Å². The Morgan fingerprint density at radius 3 is 2.73 bits per heavy atom. The molecule has 26 heavy (non-hydrogen) atoms. The minimum atomic E-state index is -0.996. The van der Waals surface area contributed by atoms with E-state index >= 15 is 0 Å². The van der Waals surface area contributed by atoms with Crippen LogP contribution in [0.1, 0.15) is 22.4 Å². The summed E-state index contributed by atoms with van der Waals surface area (Å²) in [6.45, 7) is 2.08. The Bertz CT molecular complexity index is 1100. The van der Waals surface area contributed by atoms with E-state index in [4.69, 9.17) is 9.52 Å². The van der Waals surface area contributed by atoms with Crippen molar-refractivity contribution in [2.75, 3.05) is 0 Å². The number of carboxylic acid groups (broad SMARTS) is 1. The molecule has 0 unspecified atom stereocenters. The predicted octanol–water partition coefficient (Wildman–Crippen LogP) is 3.87. The van der Waals surface area contributed by atoms with E-state index < -0.39 is 5.97 Å². The van der Waals surface area contributed by atoms with Gasteiger partial charge in [-0.25, -0.2) is 4.98 Å². The third kappa shape index (κ3) is 3.48. The van der Waals surface area contributed by atoms with Crippen molar-refractivity contribution in [2.24, 2.45) is 0 Å². The molecular weight excluding hydrogens is 350 g/mol. The minimum Gasteiger partial charge on any atom is -0.481 e. The van der Waals surface area contributed by atoms with E-state index in [9.17, 15) is 4.79 Å². The van der Waals surface area contributed by atoms with Crippen LogP contribution in [0.5, 0.6) is 0 Å². The van der Waals surface area contributed by atoms with Gasteiger partial charge in [0.2, 0.25) is 11.8 Å². The van der Waals surface area contributed by atoms with Crippen LogP contribution in [-0.4, -0.2) is 26.3 Å². The van der Waals surface area contributed by atoms with Crippen LogP contribution in [0.25, 0.3) is 21.3 Å². The number of carbonyl (C=O) groups is 1. The van der Waals surface area contributed by atoms with Gasteiger partial charge in [0.25, 0.3) is 0 Å². The van der Waals surface area contributed by atoms with E-state index in [1.165, 1.54) is 5.56 Å². The third-order valence-electron chi connectivity index (χ3n) is 3.90. The summed E-state index contributed by atoms with van der Waals surface area (Å²) >= 11 is 1.57. The SMILES string of the molecule is Cc1cccc(-c2ccc3sc(Cc4nnc(CC(=O)O)o4)nc3c2)c1. The molecule has 0 bridgehead atoms. The summed E-state index contributed by atoms with van der Waals surface area (Å²) in [6.07, 6.45) is 0.123. The Morgan fingerprint density at radius 2 is 1.92 bits per heavy atom. The van der Waals surface area contributed by atoms with E-state index in [1.807, 2.05) is 6.07 Å². The molecule has 4 aromatic rings. The molecule has 0 atom stereocenters. The predicted molar refractivity (Wildman–Crippen MR) is 98.2 cm³/mol. The first-order valence-corrected chi connectivity index (χ1v) is 8.88. The van der Waals surface area contributed by atoms with Gasteiger partial charge in [0.15, 0.2) is 0 Å². The highest BCUT2D eigenvalue weighted by molar-refractivity contribution is 7.18. The Labute approximate surface area is 153 Å². The largest absolute Gasteiger partial charge is 0.481 e. The number of fused-ring (bicyclic) bond motifs is 1. The summed E-state index contributed by atoms with van der Waals surface area (Å²) in [6, 6.07) is 14.6. The van der Waals surface area contributed by atoms with Crippen molar-refractivity contribution in [2.45, 2.75) is 19.8 Å². The van der Waals surface area contributed by atoms with Gasteiger partial charge in [-0.2, -0.15) is 0 Å². The molecule has 6 nitrogen and oxygen atoms in total. The maximum atomic E-state index is 10.7. The normalized spacial score (nSPS) is 11.1. The average Bonchev–Trinajstić information content (AvgIpc) is 3.20. The van der Waals surface area contributed by atoms with Gasteiger partial charge in [-0.1, -0.05) is 35.9 Å². The highest BCUT2D eigenvalue weighted by Crippen LogP contribution is 2.29. The minimum absolute atomic E-state index is 0.107. The molecule has 130 valence electrons. The van der Waals surface area contributed by atoms with Gasteiger partial charge in [-0.3, -0.25) is 4.79 Å². The van der Waals surface area contributed by atoms with Crippen LogP contribution in [0.4, 0.5) is 0 Å². The monoisotopic (exact) mass is 365 g/mol. The molecule has 2 heterocycles. The lowest BCUT2D eigenvalue weighted by atomic mass is 10.0. The smallest absolute Gasteiger partial charge is 0.312 e. The van der Waals surface area contributed by atoms with Crippen LogP contribution in [-0.2, 0) is 17.6 Å². The second kappa shape index (κ2) is 6.68. The van der Waals surface area contributed by atoms with Crippen LogP contribution in [0.2, 0.25) is 0 Å². The van der Waals surface area contributed by atoms with Crippen LogP contribution < -0.4 is 0 Å². The zero-order valence-corrected chi connectivity index (χ0v) is 14.8. The Hall–Kier alpha value is -3.06. The quantitative estimate of drug-likeness (QED) is 0.577. The van der Waals surface area contributed by atoms with Gasteiger partial charge in [0.1, 0.15) is 11.4 Å². The molecule has 1 N–H and O–H groups in total. The molecule has 0 amide bonds. The number of aryl methyl sites for hydroxylation is 1. The summed E-state index contributed by atoms with van der Waals surface area (Å²) in [5.74, 6) is -0.515. The molecule has 0 aliphatic heterocycles. The van der Waals surface area contributed by atoms with Gasteiger partial charge < -0.3 is 9.52 Å². The number of aliphatic carboxylic acids is 1. The Kier molecular flexibility index (Phi) is 4.22. The van der Waals surface area contributed by atoms with Crippen molar-refractivity contribution in [1.82, 2.24) is 15.2 Å². The fraction of sp³-hybridized carbons (Fsp3) is 0.158. The fourth-order valence-corrected chi connectivity index (χ4v) is 3.68. The number of carboxylic acids is 1. The maximum Gasteiger partial charge on any atom is 0.312 e. The summed E-state index contributed by atoms with van der Waals surface area (Å²) in [5, 5.41) is 17.3. The van der Waals surface area contributed by atoms with Crippen molar-refractivity contribution in [3.8, 4) is 11.1 Å². The highest BCUT2D eigenvalue weighted by atomic mass is 32.1. The molecule has 0 saturated heterocycles. The number of aromatic nitrogens is 3. The molecule has 0 spiro atoms. The molecule has 2 aromatic heterocycles. The average molecular weight is 365 g/mol. The van der Waals surface area contributed by atoms with E-state index in [-0.39, 0.29) is 12.3 Å². The van der Waals surface area contributed by atoms with Crippen LogP contribution in [0.15, 0.2) is 46.9 Å². The van der Waals surface area contributed by atoms with Crippen molar-refractivity contribution < 1.29 is 14.3 Å². The van der Waals surface area contributed by atoms with Crippen LogP contribution in [0.3, 0.4) is 0 Å². The van der Waals surface area contributed by atoms with Crippen LogP contribution >= 0.6 is 11.3 Å². The first-order chi connectivity index (χ1) is 12.6. The maximum absolute atomic E-state index is 10.7. The number of rotatable bonds is 5. The van der Waals surface area contributed by atoms with E-state index in [0.29, 0.717) is 12.3 Å². The van der Waals surface area contributed by atoms with Gasteiger partial charge in [0.05, 0.1) is 16.6 Å². The van der Waals surface area contributed by atoms with E-state index in [0.717, 1.165) is 26.4 Å². The van der Waals surface area contributed by atoms with E-state index in [2.05, 4.69) is 58.5 Å². The number of benzene rings is 2. The molecule has 4 rings (SSSR count). The molecule has 0 saturated carbocycles. The Balaban J connectivity index is 1.59. The fourth-order valence-electron chi connectivity index (χ4n) is 2.74. The van der Waals surface area contributed by atoms with Gasteiger partial charge in [-0.05, 0) is 30.2 Å². The highest BCUT2D eigenvalue weighted by Gasteiger charge is 2.13. The van der Waals surface area contributed by atoms with Gasteiger partial charge in [-0.15, -0.1) is 21.5 Å². The second-order valence-corrected chi connectivity index (χ2v) is 7.11.